The molecule has 1 aromatic heterocycles. The zero-order valence-electron chi connectivity index (χ0n) is 10.7. The van der Waals surface area contributed by atoms with Crippen LogP contribution in [0.25, 0.3) is 10.9 Å². The minimum absolute atomic E-state index is 0.431. The van der Waals surface area contributed by atoms with Crippen molar-refractivity contribution in [2.75, 3.05) is 11.9 Å². The Morgan fingerprint density at radius 2 is 2.17 bits per heavy atom. The molecule has 2 aromatic rings. The highest BCUT2D eigenvalue weighted by Gasteiger charge is 1.99. The van der Waals surface area contributed by atoms with Crippen LogP contribution in [0.4, 0.5) is 5.69 Å². The predicted octanol–water partition coefficient (Wildman–Crippen LogP) is 2.62. The molecular weight excluding hydrogens is 224 g/mol. The van der Waals surface area contributed by atoms with Crippen LogP contribution in [0.5, 0.6) is 0 Å². The molecule has 18 heavy (non-hydrogen) atoms. The van der Waals surface area contributed by atoms with Crippen LogP contribution < -0.4 is 11.1 Å². The summed E-state index contributed by atoms with van der Waals surface area (Å²) < 4.78 is 0. The third-order valence-corrected chi connectivity index (χ3v) is 2.49. The van der Waals surface area contributed by atoms with Crippen LogP contribution in [-0.4, -0.2) is 17.5 Å². The van der Waals surface area contributed by atoms with Gasteiger partial charge in [0.2, 0.25) is 0 Å². The van der Waals surface area contributed by atoms with Crippen molar-refractivity contribution in [1.82, 2.24) is 4.98 Å². The van der Waals surface area contributed by atoms with E-state index in [1.54, 1.807) is 6.20 Å². The van der Waals surface area contributed by atoms with E-state index in [0.29, 0.717) is 11.9 Å². The molecule has 94 valence electrons. The highest BCUT2D eigenvalue weighted by Crippen LogP contribution is 2.15. The average Bonchev–Trinajstić information content (AvgIpc) is 2.36. The van der Waals surface area contributed by atoms with Crippen molar-refractivity contribution in [3.63, 3.8) is 0 Å². The SMILES string of the molecule is CC(C)CN=C(N)Nc1cnc2ccccc2c1. The van der Waals surface area contributed by atoms with Gasteiger partial charge in [0.05, 0.1) is 17.4 Å². The number of para-hydroxylation sites is 1. The monoisotopic (exact) mass is 242 g/mol. The van der Waals surface area contributed by atoms with E-state index in [2.05, 4.69) is 29.1 Å². The molecule has 4 heteroatoms. The number of nitrogens with two attached hydrogens (primary N) is 1. The number of hydrogen-bond acceptors (Lipinski definition) is 2. The highest BCUT2D eigenvalue weighted by molar-refractivity contribution is 5.94. The van der Waals surface area contributed by atoms with Crippen molar-refractivity contribution in [3.8, 4) is 0 Å². The molecule has 3 N–H and O–H groups in total. The van der Waals surface area contributed by atoms with Crippen LogP contribution in [0.3, 0.4) is 0 Å². The first-order valence-corrected chi connectivity index (χ1v) is 6.07. The van der Waals surface area contributed by atoms with Gasteiger partial charge in [-0.25, -0.2) is 0 Å². The first-order valence-electron chi connectivity index (χ1n) is 6.07. The number of nitrogens with zero attached hydrogens (tertiary/aromatic N) is 2. The number of aromatic nitrogens is 1. The first-order chi connectivity index (χ1) is 8.65. The lowest BCUT2D eigenvalue weighted by atomic mass is 10.2. The summed E-state index contributed by atoms with van der Waals surface area (Å²) in [6.07, 6.45) is 1.76. The molecule has 0 unspecified atom stereocenters. The maximum Gasteiger partial charge on any atom is 0.193 e. The molecule has 2 rings (SSSR count). The number of guanidine groups is 1. The second kappa shape index (κ2) is 5.49. The number of benzene rings is 1. The third-order valence-electron chi connectivity index (χ3n) is 2.49. The second-order valence-electron chi connectivity index (χ2n) is 4.66. The van der Waals surface area contributed by atoms with Crippen molar-refractivity contribution in [2.24, 2.45) is 16.6 Å². The number of pyridine rings is 1. The Morgan fingerprint density at radius 3 is 2.94 bits per heavy atom. The van der Waals surface area contributed by atoms with E-state index in [-0.39, 0.29) is 0 Å². The molecule has 0 bridgehead atoms. The number of hydrogen-bond donors (Lipinski definition) is 2. The molecule has 0 radical (unpaired) electrons. The fraction of sp³-hybridized carbons (Fsp3) is 0.286. The molecule has 0 spiro atoms. The Kier molecular flexibility index (Phi) is 3.77. The molecule has 0 aliphatic heterocycles. The van der Waals surface area contributed by atoms with E-state index in [9.17, 15) is 0 Å². The second-order valence-corrected chi connectivity index (χ2v) is 4.66. The summed E-state index contributed by atoms with van der Waals surface area (Å²) in [4.78, 5) is 8.61. The molecule has 1 aromatic carbocycles. The van der Waals surface area contributed by atoms with Crippen LogP contribution in [0.15, 0.2) is 41.5 Å². The fourth-order valence-corrected chi connectivity index (χ4v) is 1.61. The lowest BCUT2D eigenvalue weighted by Crippen LogP contribution is -2.23. The van der Waals surface area contributed by atoms with E-state index >= 15 is 0 Å². The fourth-order valence-electron chi connectivity index (χ4n) is 1.61. The van der Waals surface area contributed by atoms with E-state index in [1.807, 2.05) is 30.3 Å². The quantitative estimate of drug-likeness (QED) is 0.642. The van der Waals surface area contributed by atoms with Gasteiger partial charge < -0.3 is 11.1 Å². The van der Waals surface area contributed by atoms with E-state index < -0.39 is 0 Å². The lowest BCUT2D eigenvalue weighted by Gasteiger charge is -2.07. The topological polar surface area (TPSA) is 63.3 Å². The Morgan fingerprint density at radius 1 is 1.39 bits per heavy atom. The van der Waals surface area contributed by atoms with Crippen LogP contribution in [0, 0.1) is 5.92 Å². The average molecular weight is 242 g/mol. The maximum atomic E-state index is 5.81. The molecule has 0 fully saturated rings. The molecular formula is C14H18N4. The van der Waals surface area contributed by atoms with Gasteiger partial charge in [-0.2, -0.15) is 0 Å². The summed E-state index contributed by atoms with van der Waals surface area (Å²) in [5.74, 6) is 0.931. The van der Waals surface area contributed by atoms with Gasteiger partial charge in [0.25, 0.3) is 0 Å². The van der Waals surface area contributed by atoms with E-state index in [4.69, 9.17) is 5.73 Å². The zero-order chi connectivity index (χ0) is 13.0. The normalized spacial score (nSPS) is 12.1. The van der Waals surface area contributed by atoms with Gasteiger partial charge in [-0.3, -0.25) is 9.98 Å². The van der Waals surface area contributed by atoms with Gasteiger partial charge in [0, 0.05) is 11.9 Å². The Hall–Kier alpha value is -2.10. The molecule has 0 aliphatic rings. The van der Waals surface area contributed by atoms with Gasteiger partial charge in [-0.1, -0.05) is 32.0 Å². The summed E-state index contributed by atoms with van der Waals surface area (Å²) in [7, 11) is 0. The number of rotatable bonds is 3. The molecule has 0 saturated carbocycles. The number of anilines is 1. The predicted molar refractivity (Wildman–Crippen MR) is 76.7 cm³/mol. The summed E-state index contributed by atoms with van der Waals surface area (Å²) in [6.45, 7) is 4.93. The van der Waals surface area contributed by atoms with E-state index in [1.165, 1.54) is 0 Å². The molecule has 0 saturated heterocycles. The summed E-state index contributed by atoms with van der Waals surface area (Å²) in [5.41, 5.74) is 7.64. The van der Waals surface area contributed by atoms with Crippen molar-refractivity contribution in [2.45, 2.75) is 13.8 Å². The van der Waals surface area contributed by atoms with Gasteiger partial charge in [0.15, 0.2) is 5.96 Å². The molecule has 0 amide bonds. The summed E-state index contributed by atoms with van der Waals surface area (Å²) >= 11 is 0. The Bertz CT molecular complexity index is 560. The van der Waals surface area contributed by atoms with E-state index in [0.717, 1.165) is 23.1 Å². The minimum Gasteiger partial charge on any atom is -0.370 e. The first kappa shape index (κ1) is 12.4. The Balaban J connectivity index is 2.14. The summed E-state index contributed by atoms with van der Waals surface area (Å²) in [6, 6.07) is 9.98. The summed E-state index contributed by atoms with van der Waals surface area (Å²) in [5, 5.41) is 4.14. The maximum absolute atomic E-state index is 5.81. The van der Waals surface area contributed by atoms with Gasteiger partial charge >= 0.3 is 0 Å². The number of nitrogens with one attached hydrogen (secondary N) is 1. The molecule has 4 nitrogen and oxygen atoms in total. The van der Waals surface area contributed by atoms with Crippen LogP contribution >= 0.6 is 0 Å². The van der Waals surface area contributed by atoms with Crippen molar-refractivity contribution in [1.29, 1.82) is 0 Å². The van der Waals surface area contributed by atoms with Gasteiger partial charge in [-0.15, -0.1) is 0 Å². The smallest absolute Gasteiger partial charge is 0.193 e. The number of aliphatic imine (C=N–C) groups is 1. The zero-order valence-corrected chi connectivity index (χ0v) is 10.7. The Labute approximate surface area is 107 Å². The van der Waals surface area contributed by atoms with Crippen molar-refractivity contribution < 1.29 is 0 Å². The van der Waals surface area contributed by atoms with Crippen LogP contribution in [0.1, 0.15) is 13.8 Å². The van der Waals surface area contributed by atoms with Gasteiger partial charge in [-0.05, 0) is 18.1 Å². The molecule has 0 aliphatic carbocycles. The largest absolute Gasteiger partial charge is 0.370 e. The van der Waals surface area contributed by atoms with Crippen LogP contribution in [-0.2, 0) is 0 Å². The molecule has 1 heterocycles. The standard InChI is InChI=1S/C14H18N4/c1-10(2)8-17-14(15)18-12-7-11-5-3-4-6-13(11)16-9-12/h3-7,9-10H,8H2,1-2H3,(H3,15,17,18). The van der Waals surface area contributed by atoms with Crippen LogP contribution in [0.2, 0.25) is 0 Å². The third kappa shape index (κ3) is 3.20. The highest BCUT2D eigenvalue weighted by atomic mass is 15.1. The van der Waals surface area contributed by atoms with Crippen molar-refractivity contribution in [3.05, 3.63) is 36.5 Å². The lowest BCUT2D eigenvalue weighted by molar-refractivity contribution is 0.665. The minimum atomic E-state index is 0.431. The molecule has 0 atom stereocenters. The van der Waals surface area contributed by atoms with Crippen molar-refractivity contribution >= 4 is 22.5 Å². The number of fused-ring (bicyclic) bond motifs is 1. The van der Waals surface area contributed by atoms with Gasteiger partial charge in [0.1, 0.15) is 0 Å².